The molecule has 1 nitrogen and oxygen atoms in total. The number of rotatable bonds is 7. The third kappa shape index (κ3) is 4.27. The molecule has 0 radical (unpaired) electrons. The Labute approximate surface area is 201 Å². The Morgan fingerprint density at radius 2 is 1.73 bits per heavy atom. The number of hydrogen-bond donors (Lipinski definition) is 0. The van der Waals surface area contributed by atoms with Crippen LogP contribution < -0.4 is 0 Å². The van der Waals surface area contributed by atoms with Crippen molar-refractivity contribution >= 4 is 11.4 Å². The first-order chi connectivity index (χ1) is 16.1. The van der Waals surface area contributed by atoms with Gasteiger partial charge in [-0.25, -0.2) is 0 Å². The average Bonchev–Trinajstić information content (AvgIpc) is 3.58. The van der Waals surface area contributed by atoms with Gasteiger partial charge in [-0.3, -0.25) is 4.79 Å². The summed E-state index contributed by atoms with van der Waals surface area (Å²) in [4.78, 5) is 12.5. The summed E-state index contributed by atoms with van der Waals surface area (Å²) in [5.74, 6) is 2.36. The van der Waals surface area contributed by atoms with Gasteiger partial charge < -0.3 is 0 Å². The van der Waals surface area contributed by atoms with E-state index in [0.29, 0.717) is 18.1 Å². The lowest BCUT2D eigenvalue weighted by Crippen LogP contribution is -2.11. The third-order valence-electron chi connectivity index (χ3n) is 8.19. The number of fused-ring (bicyclic) bond motifs is 5. The van der Waals surface area contributed by atoms with Crippen molar-refractivity contribution in [2.24, 2.45) is 11.8 Å². The molecule has 5 rings (SSSR count). The van der Waals surface area contributed by atoms with Crippen LogP contribution in [0.1, 0.15) is 112 Å². The minimum atomic E-state index is 0.322. The van der Waals surface area contributed by atoms with E-state index < -0.39 is 0 Å². The molecule has 0 heterocycles. The summed E-state index contributed by atoms with van der Waals surface area (Å²) in [6.45, 7) is 11.1. The summed E-state index contributed by atoms with van der Waals surface area (Å²) in [6.07, 6.45) is 14.4. The lowest BCUT2D eigenvalue weighted by atomic mass is 9.82. The van der Waals surface area contributed by atoms with Crippen LogP contribution in [0.4, 0.5) is 0 Å². The van der Waals surface area contributed by atoms with E-state index in [0.717, 1.165) is 30.2 Å². The monoisotopic (exact) mass is 440 g/mol. The van der Waals surface area contributed by atoms with Gasteiger partial charge in [-0.05, 0) is 82.5 Å². The van der Waals surface area contributed by atoms with E-state index in [4.69, 9.17) is 0 Å². The van der Waals surface area contributed by atoms with E-state index in [1.54, 1.807) is 0 Å². The summed E-state index contributed by atoms with van der Waals surface area (Å²) in [7, 11) is 0. The molecule has 0 amide bonds. The fourth-order valence-electron chi connectivity index (χ4n) is 6.33. The van der Waals surface area contributed by atoms with Gasteiger partial charge in [-0.1, -0.05) is 90.0 Å². The molecule has 2 atom stereocenters. The minimum absolute atomic E-state index is 0.322. The topological polar surface area (TPSA) is 17.1 Å². The van der Waals surface area contributed by atoms with Gasteiger partial charge in [0.15, 0.2) is 5.78 Å². The van der Waals surface area contributed by atoms with Crippen LogP contribution in [-0.4, -0.2) is 5.78 Å². The summed E-state index contributed by atoms with van der Waals surface area (Å²) < 4.78 is 0. The fourth-order valence-corrected chi connectivity index (χ4v) is 6.33. The van der Waals surface area contributed by atoms with Crippen molar-refractivity contribution < 1.29 is 4.79 Å². The number of carbonyl (C=O) groups is 1. The SMILES string of the molecule is CC.CCC(CC)C(C)CCC1c2ccc(C3=CCC=C3)cc2-c2c1ccc1c2CCC1=O. The van der Waals surface area contributed by atoms with Crippen molar-refractivity contribution in [2.75, 3.05) is 0 Å². The van der Waals surface area contributed by atoms with Crippen molar-refractivity contribution in [3.05, 3.63) is 76.4 Å². The standard InChI is InChI=1S/C30H34O.C2H6/c1-4-20(5-2)19(3)10-12-23-24-13-11-22(21-8-6-7-9-21)18-28(24)30-26(23)15-14-25-27(30)16-17-29(25)31;1-2/h6,8-9,11,13-15,18-20,23H,4-5,7,10,12,16-17H2,1-3H3;1-2H3. The van der Waals surface area contributed by atoms with Crippen molar-refractivity contribution in [1.82, 2.24) is 0 Å². The summed E-state index contributed by atoms with van der Waals surface area (Å²) in [5.41, 5.74) is 10.7. The Bertz CT molecular complexity index is 1080. The molecular formula is C32H40O. The molecule has 0 spiro atoms. The Morgan fingerprint density at radius 3 is 2.42 bits per heavy atom. The highest BCUT2D eigenvalue weighted by Gasteiger charge is 2.35. The van der Waals surface area contributed by atoms with Crippen molar-refractivity contribution in [1.29, 1.82) is 0 Å². The van der Waals surface area contributed by atoms with Gasteiger partial charge >= 0.3 is 0 Å². The Morgan fingerprint density at radius 1 is 0.970 bits per heavy atom. The Hall–Kier alpha value is -2.41. The minimum Gasteiger partial charge on any atom is -0.294 e. The van der Waals surface area contributed by atoms with E-state index in [2.05, 4.69) is 69.3 Å². The second-order valence-electron chi connectivity index (χ2n) is 9.76. The zero-order chi connectivity index (χ0) is 23.5. The zero-order valence-corrected chi connectivity index (χ0v) is 21.2. The number of hydrogen-bond acceptors (Lipinski definition) is 1. The second-order valence-corrected chi connectivity index (χ2v) is 9.76. The molecule has 0 bridgehead atoms. The van der Waals surface area contributed by atoms with E-state index in [9.17, 15) is 4.79 Å². The number of allylic oxidation sites excluding steroid dienone is 4. The van der Waals surface area contributed by atoms with Gasteiger partial charge in [0.05, 0.1) is 0 Å². The molecule has 2 aromatic rings. The van der Waals surface area contributed by atoms with Gasteiger partial charge in [0.25, 0.3) is 0 Å². The molecule has 0 saturated carbocycles. The smallest absolute Gasteiger partial charge is 0.163 e. The van der Waals surface area contributed by atoms with Gasteiger partial charge in [-0.2, -0.15) is 0 Å². The van der Waals surface area contributed by atoms with Crippen LogP contribution in [0.5, 0.6) is 0 Å². The molecule has 0 aromatic heterocycles. The molecule has 0 N–H and O–H groups in total. The second kappa shape index (κ2) is 10.2. The molecule has 3 aliphatic carbocycles. The van der Waals surface area contributed by atoms with Crippen LogP contribution in [0, 0.1) is 11.8 Å². The maximum absolute atomic E-state index is 12.5. The highest BCUT2D eigenvalue weighted by atomic mass is 16.1. The van der Waals surface area contributed by atoms with Crippen molar-refractivity contribution in [2.45, 2.75) is 85.5 Å². The molecule has 3 aliphatic rings. The van der Waals surface area contributed by atoms with Crippen LogP contribution in [0.2, 0.25) is 0 Å². The normalized spacial score (nSPS) is 18.5. The van der Waals surface area contributed by atoms with Crippen LogP contribution in [0.25, 0.3) is 16.7 Å². The number of carbonyl (C=O) groups excluding carboxylic acids is 1. The molecule has 33 heavy (non-hydrogen) atoms. The molecule has 0 fully saturated rings. The molecule has 2 aromatic carbocycles. The van der Waals surface area contributed by atoms with Crippen LogP contribution in [0.3, 0.4) is 0 Å². The maximum Gasteiger partial charge on any atom is 0.163 e. The quantitative estimate of drug-likeness (QED) is 0.419. The van der Waals surface area contributed by atoms with E-state index in [1.807, 2.05) is 13.8 Å². The number of ketones is 1. The average molecular weight is 441 g/mol. The van der Waals surface area contributed by atoms with Gasteiger partial charge in [0.2, 0.25) is 0 Å². The molecule has 174 valence electrons. The summed E-state index contributed by atoms with van der Waals surface area (Å²) >= 11 is 0. The predicted octanol–water partition coefficient (Wildman–Crippen LogP) is 9.15. The first kappa shape index (κ1) is 23.7. The van der Waals surface area contributed by atoms with Crippen molar-refractivity contribution in [3.8, 4) is 11.1 Å². The zero-order valence-electron chi connectivity index (χ0n) is 21.2. The van der Waals surface area contributed by atoms with E-state index >= 15 is 0 Å². The highest BCUT2D eigenvalue weighted by molar-refractivity contribution is 6.04. The van der Waals surface area contributed by atoms with Gasteiger partial charge in [-0.15, -0.1) is 0 Å². The Balaban J connectivity index is 0.00000126. The predicted molar refractivity (Wildman–Crippen MR) is 142 cm³/mol. The summed E-state index contributed by atoms with van der Waals surface area (Å²) in [6, 6.07) is 11.5. The number of Topliss-reactive ketones (excluding diaryl/α,β-unsaturated/α-hetero) is 1. The summed E-state index contributed by atoms with van der Waals surface area (Å²) in [5, 5.41) is 0. The first-order valence-corrected chi connectivity index (χ1v) is 13.3. The van der Waals surface area contributed by atoms with Crippen LogP contribution in [0.15, 0.2) is 48.6 Å². The fraction of sp³-hybridized carbons (Fsp3) is 0.469. The van der Waals surface area contributed by atoms with E-state index in [-0.39, 0.29) is 0 Å². The van der Waals surface area contributed by atoms with Crippen LogP contribution >= 0.6 is 0 Å². The highest BCUT2D eigenvalue weighted by Crippen LogP contribution is 2.51. The number of benzene rings is 2. The lowest BCUT2D eigenvalue weighted by molar-refractivity contribution is 0.0994. The molecule has 0 aliphatic heterocycles. The first-order valence-electron chi connectivity index (χ1n) is 13.3. The van der Waals surface area contributed by atoms with Crippen molar-refractivity contribution in [3.63, 3.8) is 0 Å². The maximum atomic E-state index is 12.5. The molecule has 2 unspecified atom stereocenters. The van der Waals surface area contributed by atoms with Crippen LogP contribution in [-0.2, 0) is 6.42 Å². The largest absolute Gasteiger partial charge is 0.294 e. The van der Waals surface area contributed by atoms with Gasteiger partial charge in [0, 0.05) is 17.9 Å². The molecule has 1 heteroatoms. The Kier molecular flexibility index (Phi) is 7.37. The third-order valence-corrected chi connectivity index (χ3v) is 8.19. The molecular weight excluding hydrogens is 400 g/mol. The lowest BCUT2D eigenvalue weighted by Gasteiger charge is -2.23. The molecule has 0 saturated heterocycles. The van der Waals surface area contributed by atoms with E-state index in [1.165, 1.54) is 64.6 Å². The van der Waals surface area contributed by atoms with Gasteiger partial charge in [0.1, 0.15) is 0 Å².